The number of hydrogen-bond donors (Lipinski definition) is 9. The Balaban J connectivity index is 0.000000566. The fourth-order valence-electron chi connectivity index (χ4n) is 5.61. The molecular weight excluding hydrogens is 1060 g/mol. The van der Waals surface area contributed by atoms with Crippen LogP contribution in [0.25, 0.3) is 0 Å². The van der Waals surface area contributed by atoms with Crippen molar-refractivity contribution >= 4 is 94.9 Å². The van der Waals surface area contributed by atoms with Crippen molar-refractivity contribution in [1.82, 2.24) is 57.4 Å². The van der Waals surface area contributed by atoms with E-state index in [-0.39, 0.29) is 154 Å². The molecule has 15 amide bonds. The van der Waals surface area contributed by atoms with E-state index in [9.17, 15) is 76.7 Å². The second-order valence-electron chi connectivity index (χ2n) is 15.3. The number of nitrogens with one attached hydrogen (secondary N) is 7. The minimum atomic E-state index is -0.787. The smallest absolute Gasteiger partial charge is 0.425 e. The van der Waals surface area contributed by atoms with Crippen LogP contribution in [0, 0.1) is 0 Å². The highest BCUT2D eigenvalue weighted by atomic mass is 16.7. The van der Waals surface area contributed by atoms with Crippen molar-refractivity contribution in [3.8, 4) is 0 Å². The van der Waals surface area contributed by atoms with Crippen molar-refractivity contribution in [2.24, 2.45) is 11.7 Å². The Hall–Kier alpha value is -9.06. The Labute approximate surface area is 449 Å². The summed E-state index contributed by atoms with van der Waals surface area (Å²) in [6, 6.07) is 0. The number of nitrogens with zero attached hydrogens (tertiary/aromatic N) is 4. The molecule has 0 aliphatic carbocycles. The van der Waals surface area contributed by atoms with Gasteiger partial charge in [-0.1, -0.05) is 0 Å². The third-order valence-electron chi connectivity index (χ3n) is 9.64. The number of amides is 15. The number of rotatable bonds is 28. The molecule has 11 N–H and O–H groups in total. The monoisotopic (exact) mass is 1130 g/mol. The van der Waals surface area contributed by atoms with Gasteiger partial charge in [0.25, 0.3) is 47.3 Å². The Morgan fingerprint density at radius 3 is 1.09 bits per heavy atom. The summed E-state index contributed by atoms with van der Waals surface area (Å²) in [6.45, 7) is 1.63. The molecule has 436 valence electrons. The number of nitrogens with two attached hydrogens (primary N) is 2. The predicted molar refractivity (Wildman–Crippen MR) is 260 cm³/mol. The molecule has 35 heteroatoms. The Morgan fingerprint density at radius 2 is 0.772 bits per heavy atom. The lowest BCUT2D eigenvalue weighted by molar-refractivity contribution is -0.198. The zero-order chi connectivity index (χ0) is 59.1. The molecule has 0 atom stereocenters. The van der Waals surface area contributed by atoms with E-state index >= 15 is 0 Å². The van der Waals surface area contributed by atoms with E-state index in [0.717, 1.165) is 46.1 Å². The van der Waals surface area contributed by atoms with E-state index in [2.05, 4.69) is 41.5 Å². The number of methoxy groups -OCH3 is 2. The lowest BCUT2D eigenvalue weighted by Gasteiger charge is -2.13. The highest BCUT2D eigenvalue weighted by molar-refractivity contribution is 6.14. The summed E-state index contributed by atoms with van der Waals surface area (Å²) in [5.74, 6) is 3.27. The Morgan fingerprint density at radius 1 is 0.430 bits per heavy atom. The molecule has 79 heavy (non-hydrogen) atoms. The van der Waals surface area contributed by atoms with E-state index in [0.29, 0.717) is 5.06 Å². The predicted octanol–water partition coefficient (Wildman–Crippen LogP) is -6.33. The van der Waals surface area contributed by atoms with Gasteiger partial charge in [0.15, 0.2) is 0 Å². The second-order valence-corrected chi connectivity index (χ2v) is 15.3. The summed E-state index contributed by atoms with van der Waals surface area (Å²) in [7, 11) is 2.40. The van der Waals surface area contributed by atoms with Crippen LogP contribution in [0.2, 0.25) is 0 Å². The zero-order valence-electron chi connectivity index (χ0n) is 43.0. The Bertz CT molecular complexity index is 2230. The van der Waals surface area contributed by atoms with E-state index in [1.165, 1.54) is 19.3 Å². The summed E-state index contributed by atoms with van der Waals surface area (Å²) < 4.78 is 23.7. The van der Waals surface area contributed by atoms with Gasteiger partial charge in [0.2, 0.25) is 29.5 Å². The van der Waals surface area contributed by atoms with Gasteiger partial charge in [-0.25, -0.2) is 31.5 Å². The van der Waals surface area contributed by atoms with Gasteiger partial charge < -0.3 is 44.5 Å². The third kappa shape index (κ3) is 29.7. The van der Waals surface area contributed by atoms with Gasteiger partial charge in [-0.05, 0) is 0 Å². The topological polar surface area (TPSA) is 478 Å². The van der Waals surface area contributed by atoms with E-state index in [1.807, 2.05) is 10.9 Å². The van der Waals surface area contributed by atoms with Crippen LogP contribution in [0.5, 0.6) is 0 Å². The van der Waals surface area contributed by atoms with Crippen molar-refractivity contribution < 1.29 is 105 Å². The number of carbonyl (C=O) groups is 16. The van der Waals surface area contributed by atoms with Gasteiger partial charge >= 0.3 is 18.2 Å². The van der Waals surface area contributed by atoms with Crippen LogP contribution in [0.3, 0.4) is 0 Å². The number of hydroxylamine groups is 2. The fourth-order valence-corrected chi connectivity index (χ4v) is 5.61. The minimum absolute atomic E-state index is 0.000757. The number of imide groups is 4. The molecular formula is C44H63N13O22. The molecule has 0 radical (unpaired) electrons. The van der Waals surface area contributed by atoms with Gasteiger partial charge in [-0.3, -0.25) is 93.3 Å². The maximum absolute atomic E-state index is 11.6. The SMILES string of the molecule is COC(=O)NN.COC(=O)NNC(=O)CCOCCNC(=O)CCN1C(=O)C=CC1=O.NNC(=O)CCOCCNC(=O)CCN1C(=O)C=CC1=O.O=C(CCN1C(=O)C=CC1=O)NCCOCCC(=O)ON1C(=O)CCC1=O. The number of ether oxygens (including phenoxy) is 5. The summed E-state index contributed by atoms with van der Waals surface area (Å²) in [5.41, 5.74) is 7.85. The maximum atomic E-state index is 11.6. The molecule has 0 spiro atoms. The minimum Gasteiger partial charge on any atom is -0.452 e. The molecule has 4 heterocycles. The molecule has 0 saturated carbocycles. The number of hydrazine groups is 3. The summed E-state index contributed by atoms with van der Waals surface area (Å²) in [5, 5.41) is 8.16. The van der Waals surface area contributed by atoms with Crippen LogP contribution < -0.4 is 49.3 Å². The maximum Gasteiger partial charge on any atom is 0.425 e. The molecule has 0 unspecified atom stereocenters. The summed E-state index contributed by atoms with van der Waals surface area (Å²) in [6.07, 6.45) is 5.62. The first kappa shape index (κ1) is 68.0. The van der Waals surface area contributed by atoms with Gasteiger partial charge in [-0.15, -0.1) is 5.06 Å². The quantitative estimate of drug-likeness (QED) is 0.0116. The first-order valence-electron chi connectivity index (χ1n) is 23.5. The van der Waals surface area contributed by atoms with Crippen LogP contribution in [0.15, 0.2) is 36.5 Å². The van der Waals surface area contributed by atoms with Crippen molar-refractivity contribution in [1.29, 1.82) is 0 Å². The molecule has 1 saturated heterocycles. The lowest BCUT2D eigenvalue weighted by Crippen LogP contribution is -2.41. The van der Waals surface area contributed by atoms with Crippen LogP contribution in [-0.4, -0.2) is 208 Å². The van der Waals surface area contributed by atoms with Crippen LogP contribution in [0.4, 0.5) is 9.59 Å². The van der Waals surface area contributed by atoms with Crippen LogP contribution in [-0.2, 0) is 95.6 Å². The molecule has 0 bridgehead atoms. The standard InChI is InChI=1S/C16H19N3O8.C14H20N4O7.C12H18N4O5.C2H6N2O2/c20-11(5-8-18-12(21)1-2-13(18)22)17-7-10-26-9-6-16(25)27-19-14(23)3-4-15(19)24;1-24-14(23)17-16-11(20)5-8-25-9-6-15-10(19)4-7-18-12(21)2-3-13(18)22;13-15-10(18)4-7-21-8-5-14-9(17)3-6-16-11(19)1-2-12(16)20;1-6-2(5)4-3/h1-2H,3-10H2,(H,17,20);2-3H,4-9H2,1H3,(H,15,19)(H,16,20)(H,17,23);1-2H,3-8,13H2,(H,14,17)(H,15,18);3H2,1H3,(H,4,5). The first-order valence-corrected chi connectivity index (χ1v) is 23.5. The van der Waals surface area contributed by atoms with E-state index < -0.39 is 71.3 Å². The number of hydrogen-bond acceptors (Lipinski definition) is 24. The van der Waals surface area contributed by atoms with Gasteiger partial charge in [-0.2, -0.15) is 0 Å². The fraction of sp³-hybridized carbons (Fsp3) is 0.500. The highest BCUT2D eigenvalue weighted by Crippen LogP contribution is 2.13. The largest absolute Gasteiger partial charge is 0.452 e. The average molecular weight is 1130 g/mol. The molecule has 4 aliphatic rings. The summed E-state index contributed by atoms with van der Waals surface area (Å²) >= 11 is 0. The van der Waals surface area contributed by atoms with Crippen molar-refractivity contribution in [2.75, 3.05) is 93.1 Å². The van der Waals surface area contributed by atoms with Gasteiger partial charge in [0.1, 0.15) is 0 Å². The molecule has 35 nitrogen and oxygen atoms in total. The molecule has 4 rings (SSSR count). The van der Waals surface area contributed by atoms with Crippen molar-refractivity contribution in [2.45, 2.75) is 51.4 Å². The second kappa shape index (κ2) is 39.3. The molecule has 0 aromatic carbocycles. The zero-order valence-corrected chi connectivity index (χ0v) is 43.0. The van der Waals surface area contributed by atoms with Crippen molar-refractivity contribution in [3.63, 3.8) is 0 Å². The molecule has 1 fully saturated rings. The van der Waals surface area contributed by atoms with Gasteiger partial charge in [0.05, 0.1) is 73.1 Å². The first-order chi connectivity index (χ1) is 37.7. The normalized spacial score (nSPS) is 13.9. The van der Waals surface area contributed by atoms with Crippen LogP contribution in [0.1, 0.15) is 51.4 Å². The third-order valence-corrected chi connectivity index (χ3v) is 9.64. The highest BCUT2D eigenvalue weighted by Gasteiger charge is 2.33. The average Bonchev–Trinajstić information content (AvgIpc) is 4.17. The van der Waals surface area contributed by atoms with Crippen LogP contribution >= 0.6 is 0 Å². The summed E-state index contributed by atoms with van der Waals surface area (Å²) in [4.78, 5) is 187. The molecule has 4 aliphatic heterocycles. The molecule has 0 aromatic heterocycles. The Kier molecular flexibility index (Phi) is 33.8. The van der Waals surface area contributed by atoms with E-state index in [4.69, 9.17) is 20.1 Å². The van der Waals surface area contributed by atoms with E-state index in [1.54, 1.807) is 5.43 Å². The van der Waals surface area contributed by atoms with Crippen molar-refractivity contribution in [3.05, 3.63) is 36.5 Å². The molecule has 0 aromatic rings. The lowest BCUT2D eigenvalue weighted by atomic mass is 10.3. The number of carbonyl (C=O) groups excluding carboxylic acids is 16. The van der Waals surface area contributed by atoms with Gasteiger partial charge in [0, 0.05) is 108 Å².